The number of carbonyl (C=O) groups excluding carboxylic acids is 2. The summed E-state index contributed by atoms with van der Waals surface area (Å²) in [7, 11) is 0. The number of piperidine rings is 1. The predicted molar refractivity (Wildman–Crippen MR) is 119 cm³/mol. The third-order valence-electron chi connectivity index (χ3n) is 6.73. The third kappa shape index (κ3) is 3.40. The van der Waals surface area contributed by atoms with Crippen LogP contribution in [0.15, 0.2) is 36.5 Å². The lowest BCUT2D eigenvalue weighted by Gasteiger charge is -2.44. The number of H-pyrrole nitrogens is 1. The first kappa shape index (κ1) is 19.8. The van der Waals surface area contributed by atoms with Crippen LogP contribution in [0.1, 0.15) is 70.9 Å². The number of hydrogen-bond donors (Lipinski definition) is 1. The lowest BCUT2D eigenvalue weighted by Crippen LogP contribution is -2.52. The van der Waals surface area contributed by atoms with Crippen LogP contribution in [0.25, 0.3) is 10.9 Å². The van der Waals surface area contributed by atoms with Crippen LogP contribution < -0.4 is 4.74 Å². The van der Waals surface area contributed by atoms with Gasteiger partial charge in [0.25, 0.3) is 5.91 Å². The fraction of sp³-hybridized carbons (Fsp3) is 0.400. The van der Waals surface area contributed by atoms with Gasteiger partial charge in [-0.15, -0.1) is 0 Å². The molecule has 160 valence electrons. The first-order valence-corrected chi connectivity index (χ1v) is 10.9. The maximum atomic E-state index is 13.1. The number of aromatic amines is 1. The van der Waals surface area contributed by atoms with Gasteiger partial charge in [0.1, 0.15) is 11.4 Å². The molecule has 6 nitrogen and oxygen atoms in total. The van der Waals surface area contributed by atoms with Crippen molar-refractivity contribution in [3.63, 3.8) is 0 Å². The number of hydrogen-bond acceptors (Lipinski definition) is 4. The van der Waals surface area contributed by atoms with Gasteiger partial charge < -0.3 is 9.64 Å². The molecule has 5 rings (SSSR count). The van der Waals surface area contributed by atoms with Crippen LogP contribution >= 0.6 is 0 Å². The fourth-order valence-corrected chi connectivity index (χ4v) is 4.81. The van der Waals surface area contributed by atoms with Gasteiger partial charge in [-0.2, -0.15) is 5.10 Å². The largest absolute Gasteiger partial charge is 0.486 e. The summed E-state index contributed by atoms with van der Waals surface area (Å²) in [5.41, 5.74) is 3.98. The van der Waals surface area contributed by atoms with Crippen molar-refractivity contribution in [1.82, 2.24) is 15.1 Å². The Morgan fingerprint density at radius 3 is 2.71 bits per heavy atom. The second-order valence-corrected chi connectivity index (χ2v) is 9.21. The number of fused-ring (bicyclic) bond motifs is 2. The predicted octanol–water partition coefficient (Wildman–Crippen LogP) is 4.63. The van der Waals surface area contributed by atoms with Gasteiger partial charge in [-0.05, 0) is 48.2 Å². The number of aryl methyl sites for hydroxylation is 1. The second kappa shape index (κ2) is 7.22. The van der Waals surface area contributed by atoms with Crippen LogP contribution in [0.2, 0.25) is 0 Å². The Bertz CT molecular complexity index is 1190. The van der Waals surface area contributed by atoms with E-state index in [0.717, 1.165) is 22.0 Å². The highest BCUT2D eigenvalue weighted by molar-refractivity contribution is 6.01. The second-order valence-electron chi connectivity index (χ2n) is 9.21. The maximum absolute atomic E-state index is 13.1. The molecule has 2 aliphatic rings. The highest BCUT2D eigenvalue weighted by atomic mass is 16.5. The summed E-state index contributed by atoms with van der Waals surface area (Å²) < 4.78 is 6.39. The summed E-state index contributed by atoms with van der Waals surface area (Å²) in [6, 6.07) is 9.76. The lowest BCUT2D eigenvalue weighted by molar-refractivity contribution is -0.00573. The monoisotopic (exact) mass is 417 g/mol. The number of amides is 1. The molecule has 3 aromatic rings. The number of benzene rings is 2. The minimum atomic E-state index is -0.509. The van der Waals surface area contributed by atoms with Gasteiger partial charge >= 0.3 is 0 Å². The number of nitrogens with zero attached hydrogens (tertiary/aromatic N) is 2. The molecule has 0 bridgehead atoms. The number of rotatable bonds is 2. The number of likely N-dealkylation sites (tertiary alicyclic amines) is 1. The van der Waals surface area contributed by atoms with Gasteiger partial charge in [-0.25, -0.2) is 0 Å². The fourth-order valence-electron chi connectivity index (χ4n) is 4.81. The van der Waals surface area contributed by atoms with Crippen molar-refractivity contribution in [2.75, 3.05) is 13.1 Å². The number of aromatic nitrogens is 2. The molecule has 1 aromatic heterocycles. The van der Waals surface area contributed by atoms with Crippen molar-refractivity contribution in [3.05, 3.63) is 58.8 Å². The van der Waals surface area contributed by atoms with Gasteiger partial charge in [-0.3, -0.25) is 14.7 Å². The van der Waals surface area contributed by atoms with Gasteiger partial charge in [0.05, 0.1) is 23.7 Å². The van der Waals surface area contributed by atoms with Gasteiger partial charge in [0, 0.05) is 36.9 Å². The average Bonchev–Trinajstić information content (AvgIpc) is 3.23. The lowest BCUT2D eigenvalue weighted by atomic mass is 9.81. The Morgan fingerprint density at radius 2 is 1.97 bits per heavy atom. The van der Waals surface area contributed by atoms with E-state index in [1.807, 2.05) is 42.2 Å². The van der Waals surface area contributed by atoms with Crippen LogP contribution in [0, 0.1) is 6.92 Å². The molecule has 0 aliphatic carbocycles. The smallest absolute Gasteiger partial charge is 0.253 e. The molecule has 1 saturated heterocycles. The number of ether oxygens (including phenoxy) is 1. The molecular formula is C25H27N3O3. The maximum Gasteiger partial charge on any atom is 0.253 e. The van der Waals surface area contributed by atoms with Crippen molar-refractivity contribution in [2.45, 2.75) is 51.6 Å². The quantitative estimate of drug-likeness (QED) is 0.659. The molecule has 0 unspecified atom stereocenters. The molecule has 0 atom stereocenters. The van der Waals surface area contributed by atoms with Crippen molar-refractivity contribution in [1.29, 1.82) is 0 Å². The number of Topliss-reactive ketones (excluding diaryl/α,β-unsaturated/α-hetero) is 1. The van der Waals surface area contributed by atoms with E-state index in [-0.39, 0.29) is 11.7 Å². The molecule has 0 radical (unpaired) electrons. The number of ketones is 1. The van der Waals surface area contributed by atoms with E-state index in [1.54, 1.807) is 6.20 Å². The Labute approximate surface area is 181 Å². The minimum absolute atomic E-state index is 0.0187. The molecular weight excluding hydrogens is 390 g/mol. The molecule has 2 aromatic carbocycles. The zero-order valence-corrected chi connectivity index (χ0v) is 18.2. The molecule has 2 aliphatic heterocycles. The van der Waals surface area contributed by atoms with E-state index in [1.165, 1.54) is 0 Å². The van der Waals surface area contributed by atoms with E-state index < -0.39 is 5.60 Å². The first-order valence-electron chi connectivity index (χ1n) is 10.9. The SMILES string of the molecule is Cc1cc(C(=O)N2CCC3(CC2)CC(=O)c2cc(C(C)C)ccc2O3)cc2cn[nH]c12. The zero-order valence-electron chi connectivity index (χ0n) is 18.2. The van der Waals surface area contributed by atoms with Crippen molar-refractivity contribution >= 4 is 22.6 Å². The van der Waals surface area contributed by atoms with Gasteiger partial charge in [0.2, 0.25) is 0 Å². The number of nitrogens with one attached hydrogen (secondary N) is 1. The summed E-state index contributed by atoms with van der Waals surface area (Å²) in [6.45, 7) is 7.37. The third-order valence-corrected chi connectivity index (χ3v) is 6.73. The van der Waals surface area contributed by atoms with E-state index in [0.29, 0.717) is 55.1 Å². The molecule has 1 N–H and O–H groups in total. The van der Waals surface area contributed by atoms with E-state index >= 15 is 0 Å². The van der Waals surface area contributed by atoms with Crippen molar-refractivity contribution in [3.8, 4) is 5.75 Å². The molecule has 1 fully saturated rings. The average molecular weight is 418 g/mol. The first-order chi connectivity index (χ1) is 14.8. The Hall–Kier alpha value is -3.15. The zero-order chi connectivity index (χ0) is 21.8. The molecule has 3 heterocycles. The topological polar surface area (TPSA) is 75.3 Å². The molecule has 6 heteroatoms. The summed E-state index contributed by atoms with van der Waals surface area (Å²) in [6.07, 6.45) is 3.43. The Balaban J connectivity index is 1.32. The van der Waals surface area contributed by atoms with E-state index in [4.69, 9.17) is 4.74 Å². The van der Waals surface area contributed by atoms with E-state index in [9.17, 15) is 9.59 Å². The summed E-state index contributed by atoms with van der Waals surface area (Å²) >= 11 is 0. The molecule has 1 amide bonds. The summed E-state index contributed by atoms with van der Waals surface area (Å²) in [5.74, 6) is 1.21. The molecule has 31 heavy (non-hydrogen) atoms. The minimum Gasteiger partial charge on any atom is -0.486 e. The van der Waals surface area contributed by atoms with Crippen LogP contribution in [-0.2, 0) is 0 Å². The van der Waals surface area contributed by atoms with Crippen LogP contribution in [0.5, 0.6) is 5.75 Å². The summed E-state index contributed by atoms with van der Waals surface area (Å²) in [4.78, 5) is 28.0. The molecule has 0 saturated carbocycles. The van der Waals surface area contributed by atoms with Crippen molar-refractivity contribution < 1.29 is 14.3 Å². The van der Waals surface area contributed by atoms with Crippen LogP contribution in [-0.4, -0.2) is 45.5 Å². The van der Waals surface area contributed by atoms with Gasteiger partial charge in [0.15, 0.2) is 5.78 Å². The van der Waals surface area contributed by atoms with Crippen LogP contribution in [0.4, 0.5) is 0 Å². The normalized spacial score (nSPS) is 17.8. The number of carbonyl (C=O) groups is 2. The Morgan fingerprint density at radius 1 is 1.19 bits per heavy atom. The van der Waals surface area contributed by atoms with Gasteiger partial charge in [-0.1, -0.05) is 19.9 Å². The Kier molecular flexibility index (Phi) is 4.61. The molecule has 1 spiro atoms. The van der Waals surface area contributed by atoms with Crippen LogP contribution in [0.3, 0.4) is 0 Å². The van der Waals surface area contributed by atoms with E-state index in [2.05, 4.69) is 24.0 Å². The summed E-state index contributed by atoms with van der Waals surface area (Å²) in [5, 5.41) is 7.99. The highest BCUT2D eigenvalue weighted by Crippen LogP contribution is 2.40. The standard InChI is InChI=1S/C25H27N3O3/c1-15(2)17-4-5-22-20(12-17)21(29)13-25(31-22)6-8-28(9-7-25)24(30)18-10-16(3)23-19(11-18)14-26-27-23/h4-5,10-12,14-15H,6-9,13H2,1-3H3,(H,26,27). The van der Waals surface area contributed by atoms with Crippen molar-refractivity contribution in [2.24, 2.45) is 0 Å². The highest BCUT2D eigenvalue weighted by Gasteiger charge is 2.43.